The number of hydrogen-bond acceptors (Lipinski definition) is 4. The van der Waals surface area contributed by atoms with Gasteiger partial charge in [-0.25, -0.2) is 13.8 Å². The molecular formula is C26H33F2N5. The molecule has 1 aliphatic carbocycles. The van der Waals surface area contributed by atoms with Gasteiger partial charge in [-0.15, -0.1) is 0 Å². The van der Waals surface area contributed by atoms with Gasteiger partial charge in [-0.2, -0.15) is 5.10 Å². The fourth-order valence-electron chi connectivity index (χ4n) is 4.88. The van der Waals surface area contributed by atoms with E-state index in [4.69, 9.17) is 10.1 Å². The maximum Gasteiger partial charge on any atom is 0.149 e. The van der Waals surface area contributed by atoms with Gasteiger partial charge in [0.05, 0.1) is 5.69 Å². The number of aromatic nitrogens is 3. The average molecular weight is 454 g/mol. The predicted octanol–water partition coefficient (Wildman–Crippen LogP) is 5.01. The Labute approximate surface area is 194 Å². The molecule has 2 fully saturated rings. The Balaban J connectivity index is 1.53. The molecule has 5 rings (SSSR count). The van der Waals surface area contributed by atoms with Gasteiger partial charge in [0, 0.05) is 49.4 Å². The molecule has 1 aliphatic heterocycles. The normalized spacial score (nSPS) is 18.3. The predicted molar refractivity (Wildman–Crippen MR) is 129 cm³/mol. The second-order valence-electron chi connectivity index (χ2n) is 9.85. The number of hydrogen-bond donors (Lipinski definition) is 1. The molecule has 0 unspecified atom stereocenters. The molecule has 5 nitrogen and oxygen atoms in total. The van der Waals surface area contributed by atoms with Crippen LogP contribution in [-0.4, -0.2) is 46.1 Å². The Morgan fingerprint density at radius 3 is 2.48 bits per heavy atom. The molecule has 1 aromatic carbocycles. The maximum absolute atomic E-state index is 15.1. The molecule has 3 aromatic rings. The Kier molecular flexibility index (Phi) is 5.63. The number of piperidine rings is 1. The Bertz CT molecular complexity index is 1170. The zero-order chi connectivity index (χ0) is 23.3. The number of nitrogens with zero attached hydrogens (tertiary/aromatic N) is 4. The Hall–Kier alpha value is -2.54. The van der Waals surface area contributed by atoms with E-state index < -0.39 is 5.67 Å². The largest absolute Gasteiger partial charge is 0.356 e. The van der Waals surface area contributed by atoms with Crippen molar-refractivity contribution < 1.29 is 8.78 Å². The van der Waals surface area contributed by atoms with Gasteiger partial charge < -0.3 is 10.2 Å². The summed E-state index contributed by atoms with van der Waals surface area (Å²) in [5.41, 5.74) is 4.33. The van der Waals surface area contributed by atoms with Gasteiger partial charge in [-0.1, -0.05) is 6.92 Å². The van der Waals surface area contributed by atoms with E-state index in [-0.39, 0.29) is 5.82 Å². The summed E-state index contributed by atoms with van der Waals surface area (Å²) in [5, 5.41) is 9.02. The zero-order valence-corrected chi connectivity index (χ0v) is 20.0. The third-order valence-electron chi connectivity index (χ3n) is 7.42. The molecule has 1 saturated heterocycles. The first kappa shape index (κ1) is 22.3. The molecular weight excluding hydrogens is 420 g/mol. The summed E-state index contributed by atoms with van der Waals surface area (Å²) in [6.45, 7) is 8.16. The number of fused-ring (bicyclic) bond motifs is 1. The number of aryl methyl sites for hydroxylation is 4. The minimum Gasteiger partial charge on any atom is -0.356 e. The quantitative estimate of drug-likeness (QED) is 0.570. The van der Waals surface area contributed by atoms with Crippen LogP contribution in [0.15, 0.2) is 18.2 Å². The molecule has 0 bridgehead atoms. The molecule has 1 N–H and O–H groups in total. The SMILES string of the molecule is CCc1cc(F)c2nc(N3CCC(NCC4(F)CC4)CC3)c(-c3cc(C)n(C)n3)c(C)c2c1. The van der Waals surface area contributed by atoms with Crippen LogP contribution in [0.3, 0.4) is 0 Å². The highest BCUT2D eigenvalue weighted by Gasteiger charge is 2.43. The van der Waals surface area contributed by atoms with Crippen molar-refractivity contribution in [2.75, 3.05) is 24.5 Å². The van der Waals surface area contributed by atoms with Crippen molar-refractivity contribution in [1.82, 2.24) is 20.1 Å². The third-order valence-corrected chi connectivity index (χ3v) is 7.42. The summed E-state index contributed by atoms with van der Waals surface area (Å²) in [5.74, 6) is 0.524. The van der Waals surface area contributed by atoms with E-state index in [1.165, 1.54) is 0 Å². The molecule has 2 aliphatic rings. The first-order valence-electron chi connectivity index (χ1n) is 12.1. The topological polar surface area (TPSA) is 46.0 Å². The average Bonchev–Trinajstić information content (AvgIpc) is 3.45. The van der Waals surface area contributed by atoms with Crippen molar-refractivity contribution in [2.45, 2.75) is 64.6 Å². The van der Waals surface area contributed by atoms with Crippen LogP contribution in [0.25, 0.3) is 22.2 Å². The van der Waals surface area contributed by atoms with Crippen molar-refractivity contribution in [3.63, 3.8) is 0 Å². The molecule has 176 valence electrons. The van der Waals surface area contributed by atoms with E-state index in [1.807, 2.05) is 25.6 Å². The van der Waals surface area contributed by atoms with Gasteiger partial charge in [-0.05, 0) is 75.3 Å². The van der Waals surface area contributed by atoms with E-state index in [2.05, 4.69) is 29.3 Å². The summed E-state index contributed by atoms with van der Waals surface area (Å²) in [6, 6.07) is 6.04. The molecule has 0 amide bonds. The van der Waals surface area contributed by atoms with Gasteiger partial charge >= 0.3 is 0 Å². The van der Waals surface area contributed by atoms with E-state index in [0.717, 1.165) is 71.6 Å². The van der Waals surface area contributed by atoms with Crippen LogP contribution >= 0.6 is 0 Å². The Morgan fingerprint density at radius 1 is 1.15 bits per heavy atom. The van der Waals surface area contributed by atoms with Gasteiger partial charge in [0.25, 0.3) is 0 Å². The van der Waals surface area contributed by atoms with Gasteiger partial charge in [0.15, 0.2) is 0 Å². The van der Waals surface area contributed by atoms with Crippen molar-refractivity contribution in [3.05, 3.63) is 40.8 Å². The van der Waals surface area contributed by atoms with Crippen molar-refractivity contribution >= 4 is 16.7 Å². The summed E-state index contributed by atoms with van der Waals surface area (Å²) >= 11 is 0. The summed E-state index contributed by atoms with van der Waals surface area (Å²) < 4.78 is 31.0. The van der Waals surface area contributed by atoms with Crippen molar-refractivity contribution in [3.8, 4) is 11.3 Å². The smallest absolute Gasteiger partial charge is 0.149 e. The molecule has 0 spiro atoms. The monoisotopic (exact) mass is 453 g/mol. The highest BCUT2D eigenvalue weighted by atomic mass is 19.1. The number of nitrogens with one attached hydrogen (secondary N) is 1. The summed E-state index contributed by atoms with van der Waals surface area (Å²) in [4.78, 5) is 7.14. The van der Waals surface area contributed by atoms with E-state index >= 15 is 4.39 Å². The van der Waals surface area contributed by atoms with Crippen LogP contribution in [0.2, 0.25) is 0 Å². The fraction of sp³-hybridized carbons (Fsp3) is 0.538. The second kappa shape index (κ2) is 8.35. The molecule has 33 heavy (non-hydrogen) atoms. The lowest BCUT2D eigenvalue weighted by Gasteiger charge is -2.35. The van der Waals surface area contributed by atoms with Crippen molar-refractivity contribution in [1.29, 1.82) is 0 Å². The first-order chi connectivity index (χ1) is 15.8. The Morgan fingerprint density at radius 2 is 1.88 bits per heavy atom. The van der Waals surface area contributed by atoms with Gasteiger partial charge in [0.1, 0.15) is 22.8 Å². The van der Waals surface area contributed by atoms with Gasteiger partial charge in [0.2, 0.25) is 0 Å². The summed E-state index contributed by atoms with van der Waals surface area (Å²) in [6.07, 6.45) is 3.95. The fourth-order valence-corrected chi connectivity index (χ4v) is 4.88. The molecule has 3 heterocycles. The number of halogens is 2. The van der Waals surface area contributed by atoms with Crippen LogP contribution in [0.4, 0.5) is 14.6 Å². The third kappa shape index (κ3) is 4.23. The lowest BCUT2D eigenvalue weighted by Crippen LogP contribution is -2.45. The number of rotatable bonds is 6. The molecule has 2 aromatic heterocycles. The van der Waals surface area contributed by atoms with E-state index in [1.54, 1.807) is 6.07 Å². The molecule has 0 atom stereocenters. The maximum atomic E-state index is 15.1. The number of alkyl halides is 1. The van der Waals surface area contributed by atoms with Crippen LogP contribution in [0.1, 0.15) is 49.4 Å². The van der Waals surface area contributed by atoms with Gasteiger partial charge in [-0.3, -0.25) is 4.68 Å². The standard InChI is InChI=1S/C26H33F2N5/c1-5-18-13-20-17(3)23(22-12-16(2)32(4)31-22)25(30-24(20)21(27)14-18)33-10-6-19(7-11-33)29-15-26(28)8-9-26/h12-14,19,29H,5-11,15H2,1-4H3. The summed E-state index contributed by atoms with van der Waals surface area (Å²) in [7, 11) is 1.94. The van der Waals surface area contributed by atoms with Crippen LogP contribution in [0.5, 0.6) is 0 Å². The lowest BCUT2D eigenvalue weighted by molar-refractivity contribution is 0.273. The lowest BCUT2D eigenvalue weighted by atomic mass is 9.97. The minimum atomic E-state index is -0.979. The molecule has 7 heteroatoms. The number of benzene rings is 1. The highest BCUT2D eigenvalue weighted by molar-refractivity contribution is 5.94. The van der Waals surface area contributed by atoms with Crippen LogP contribution < -0.4 is 10.2 Å². The molecule has 0 radical (unpaired) electrons. The van der Waals surface area contributed by atoms with E-state index in [9.17, 15) is 4.39 Å². The number of anilines is 1. The zero-order valence-electron chi connectivity index (χ0n) is 20.0. The van der Waals surface area contributed by atoms with Crippen LogP contribution in [-0.2, 0) is 13.5 Å². The minimum absolute atomic E-state index is 0.272. The second-order valence-corrected chi connectivity index (χ2v) is 9.85. The van der Waals surface area contributed by atoms with Crippen LogP contribution in [0, 0.1) is 19.7 Å². The number of pyridine rings is 1. The molecule has 1 saturated carbocycles. The van der Waals surface area contributed by atoms with E-state index in [0.29, 0.717) is 30.9 Å². The first-order valence-corrected chi connectivity index (χ1v) is 12.1. The highest BCUT2D eigenvalue weighted by Crippen LogP contribution is 2.40. The van der Waals surface area contributed by atoms with Crippen molar-refractivity contribution in [2.24, 2.45) is 7.05 Å².